The normalized spacial score (nSPS) is 16.1. The summed E-state index contributed by atoms with van der Waals surface area (Å²) >= 11 is 1.28. The van der Waals surface area contributed by atoms with Crippen LogP contribution in [0.2, 0.25) is 0 Å². The third kappa shape index (κ3) is 5.63. The maximum absolute atomic E-state index is 13.2. The lowest BCUT2D eigenvalue weighted by atomic mass is 9.97. The van der Waals surface area contributed by atoms with E-state index in [1.807, 2.05) is 36.4 Å². The monoisotopic (exact) mass is 464 g/mol. The molecule has 33 heavy (non-hydrogen) atoms. The molecule has 1 aliphatic heterocycles. The van der Waals surface area contributed by atoms with E-state index in [2.05, 4.69) is 12.1 Å². The second-order valence-corrected chi connectivity index (χ2v) is 9.27. The van der Waals surface area contributed by atoms with Gasteiger partial charge in [-0.1, -0.05) is 54.2 Å². The van der Waals surface area contributed by atoms with Gasteiger partial charge in [-0.2, -0.15) is 0 Å². The Morgan fingerprint density at radius 1 is 1.09 bits per heavy atom. The fourth-order valence-corrected chi connectivity index (χ4v) is 5.12. The van der Waals surface area contributed by atoms with Crippen LogP contribution < -0.4 is 11.3 Å². The molecule has 0 spiro atoms. The summed E-state index contributed by atoms with van der Waals surface area (Å²) in [5.41, 5.74) is 7.20. The van der Waals surface area contributed by atoms with Crippen molar-refractivity contribution in [2.45, 2.75) is 37.4 Å². The van der Waals surface area contributed by atoms with Crippen molar-refractivity contribution in [3.63, 3.8) is 0 Å². The Hall–Kier alpha value is -3.13. The smallest absolute Gasteiger partial charge is 0.262 e. The van der Waals surface area contributed by atoms with Gasteiger partial charge in [0.2, 0.25) is 11.8 Å². The van der Waals surface area contributed by atoms with Crippen molar-refractivity contribution in [3.05, 3.63) is 70.5 Å². The van der Waals surface area contributed by atoms with Gasteiger partial charge in [0.1, 0.15) is 0 Å². The number of primary amides is 1. The average molecular weight is 465 g/mol. The minimum atomic E-state index is -0.358. The Balaban J connectivity index is 1.50. The first-order chi connectivity index (χ1) is 16.0. The van der Waals surface area contributed by atoms with E-state index in [1.165, 1.54) is 17.3 Å². The van der Waals surface area contributed by atoms with Crippen LogP contribution in [-0.4, -0.2) is 45.1 Å². The number of hydrogen-bond acceptors (Lipinski definition) is 5. The number of hydrogen-bond donors (Lipinski definition) is 1. The Labute approximate surface area is 197 Å². The second-order valence-electron chi connectivity index (χ2n) is 8.33. The molecule has 2 heterocycles. The summed E-state index contributed by atoms with van der Waals surface area (Å²) in [5, 5.41) is 1.12. The molecule has 172 valence electrons. The Bertz CT molecular complexity index is 1200. The molecule has 0 bridgehead atoms. The van der Waals surface area contributed by atoms with E-state index in [9.17, 15) is 14.4 Å². The fourth-order valence-electron chi connectivity index (χ4n) is 4.19. The minimum Gasteiger partial charge on any atom is -0.369 e. The quantitative estimate of drug-likeness (QED) is 0.408. The number of benzene rings is 2. The number of nitrogens with two attached hydrogens (primary N) is 1. The van der Waals surface area contributed by atoms with Crippen molar-refractivity contribution >= 4 is 34.5 Å². The molecule has 0 aliphatic carbocycles. The van der Waals surface area contributed by atoms with Gasteiger partial charge in [0.25, 0.3) is 5.56 Å². The average Bonchev–Trinajstić information content (AvgIpc) is 2.85. The minimum absolute atomic E-state index is 0.0656. The fraction of sp³-hybridized carbons (Fsp3) is 0.360. The maximum atomic E-state index is 13.2. The molecule has 2 amide bonds. The van der Waals surface area contributed by atoms with Gasteiger partial charge in [-0.15, -0.1) is 0 Å². The summed E-state index contributed by atoms with van der Waals surface area (Å²) < 4.78 is 1.69. The van der Waals surface area contributed by atoms with E-state index in [4.69, 9.17) is 10.7 Å². The Morgan fingerprint density at radius 2 is 1.85 bits per heavy atom. The lowest BCUT2D eigenvalue weighted by Gasteiger charge is -2.31. The van der Waals surface area contributed by atoms with Crippen molar-refractivity contribution in [3.8, 4) is 0 Å². The third-order valence-corrected chi connectivity index (χ3v) is 6.98. The van der Waals surface area contributed by atoms with Gasteiger partial charge in [0.05, 0.1) is 22.6 Å². The van der Waals surface area contributed by atoms with E-state index < -0.39 is 0 Å². The van der Waals surface area contributed by atoms with Crippen LogP contribution in [0.5, 0.6) is 0 Å². The van der Waals surface area contributed by atoms with E-state index in [1.54, 1.807) is 15.5 Å². The van der Waals surface area contributed by atoms with E-state index in [0.717, 1.165) is 25.7 Å². The molecule has 4 rings (SSSR count). The van der Waals surface area contributed by atoms with E-state index in [-0.39, 0.29) is 29.0 Å². The number of aryl methyl sites for hydroxylation is 1. The molecule has 2 N–H and O–H groups in total. The summed E-state index contributed by atoms with van der Waals surface area (Å²) in [5.74, 6) is -0.551. The third-order valence-electron chi connectivity index (χ3n) is 6.02. The number of amides is 2. The predicted octanol–water partition coefficient (Wildman–Crippen LogP) is 2.85. The highest BCUT2D eigenvalue weighted by molar-refractivity contribution is 7.99. The molecule has 8 heteroatoms. The second kappa shape index (κ2) is 10.7. The van der Waals surface area contributed by atoms with Gasteiger partial charge >= 0.3 is 0 Å². The molecule has 2 aromatic carbocycles. The summed E-state index contributed by atoms with van der Waals surface area (Å²) in [7, 11) is 0. The number of likely N-dealkylation sites (tertiary alicyclic amines) is 1. The first kappa shape index (κ1) is 23.0. The van der Waals surface area contributed by atoms with Crippen LogP contribution in [0.1, 0.15) is 24.8 Å². The molecular formula is C25H28N4O3S. The topological polar surface area (TPSA) is 98.3 Å². The highest BCUT2D eigenvalue weighted by Crippen LogP contribution is 2.21. The molecule has 0 saturated carbocycles. The van der Waals surface area contributed by atoms with Crippen LogP contribution in [0.25, 0.3) is 10.9 Å². The number of piperidine rings is 1. The molecule has 1 fully saturated rings. The lowest BCUT2D eigenvalue weighted by molar-refractivity contribution is -0.132. The number of rotatable bonds is 8. The summed E-state index contributed by atoms with van der Waals surface area (Å²) in [6, 6.07) is 17.5. The van der Waals surface area contributed by atoms with Crippen molar-refractivity contribution in [1.29, 1.82) is 0 Å². The van der Waals surface area contributed by atoms with Gasteiger partial charge < -0.3 is 10.6 Å². The molecule has 1 atom stereocenters. The van der Waals surface area contributed by atoms with Crippen molar-refractivity contribution in [2.75, 3.05) is 18.8 Å². The van der Waals surface area contributed by atoms with Gasteiger partial charge in [-0.05, 0) is 43.4 Å². The molecule has 1 unspecified atom stereocenters. The Morgan fingerprint density at radius 3 is 2.64 bits per heavy atom. The summed E-state index contributed by atoms with van der Waals surface area (Å²) in [6.07, 6.45) is 3.13. The number of thioether (sulfide) groups is 1. The highest BCUT2D eigenvalue weighted by Gasteiger charge is 2.27. The first-order valence-electron chi connectivity index (χ1n) is 11.3. The number of para-hydroxylation sites is 1. The van der Waals surface area contributed by atoms with Gasteiger partial charge in [-0.3, -0.25) is 19.0 Å². The van der Waals surface area contributed by atoms with Gasteiger partial charge in [-0.25, -0.2) is 4.98 Å². The zero-order valence-corrected chi connectivity index (χ0v) is 19.3. The number of carbonyl (C=O) groups is 2. The van der Waals surface area contributed by atoms with Gasteiger partial charge in [0.15, 0.2) is 5.16 Å². The first-order valence-corrected chi connectivity index (χ1v) is 12.2. The maximum Gasteiger partial charge on any atom is 0.262 e. The number of fused-ring (bicyclic) bond motifs is 1. The number of nitrogens with zero attached hydrogens (tertiary/aromatic N) is 3. The molecule has 3 aromatic rings. The van der Waals surface area contributed by atoms with Crippen molar-refractivity contribution in [2.24, 2.45) is 11.7 Å². The van der Waals surface area contributed by atoms with E-state index in [0.29, 0.717) is 35.7 Å². The Kier molecular flexibility index (Phi) is 7.44. The van der Waals surface area contributed by atoms with Crippen LogP contribution in [-0.2, 0) is 22.6 Å². The molecule has 1 aliphatic rings. The summed E-state index contributed by atoms with van der Waals surface area (Å²) in [4.78, 5) is 44.0. The van der Waals surface area contributed by atoms with Crippen LogP contribution in [0, 0.1) is 5.92 Å². The zero-order chi connectivity index (χ0) is 23.2. The van der Waals surface area contributed by atoms with Crippen molar-refractivity contribution < 1.29 is 9.59 Å². The SMILES string of the molecule is NC(=O)C1CCCN(C(=O)CSc2nc3ccccc3c(=O)n2CCCc2ccccc2)C1. The standard InChI is InChI=1S/C25H28N4O3S/c26-23(31)19-11-7-14-28(16-19)22(30)17-33-25-27-21-13-5-4-12-20(21)24(32)29(25)15-6-10-18-8-2-1-3-9-18/h1-5,8-9,12-13,19H,6-7,10-11,14-17H2,(H2,26,31). The van der Waals surface area contributed by atoms with Crippen LogP contribution >= 0.6 is 11.8 Å². The number of aromatic nitrogens is 2. The van der Waals surface area contributed by atoms with Gasteiger partial charge in [0, 0.05) is 19.6 Å². The lowest BCUT2D eigenvalue weighted by Crippen LogP contribution is -2.44. The highest BCUT2D eigenvalue weighted by atomic mass is 32.2. The van der Waals surface area contributed by atoms with Crippen LogP contribution in [0.3, 0.4) is 0 Å². The van der Waals surface area contributed by atoms with Crippen molar-refractivity contribution in [1.82, 2.24) is 14.5 Å². The van der Waals surface area contributed by atoms with Crippen LogP contribution in [0.4, 0.5) is 0 Å². The summed E-state index contributed by atoms with van der Waals surface area (Å²) in [6.45, 7) is 1.51. The molecule has 1 aromatic heterocycles. The number of carbonyl (C=O) groups excluding carboxylic acids is 2. The van der Waals surface area contributed by atoms with Crippen LogP contribution in [0.15, 0.2) is 64.5 Å². The molecule has 0 radical (unpaired) electrons. The molecular weight excluding hydrogens is 436 g/mol. The molecule has 1 saturated heterocycles. The van der Waals surface area contributed by atoms with E-state index >= 15 is 0 Å². The zero-order valence-electron chi connectivity index (χ0n) is 18.5. The largest absolute Gasteiger partial charge is 0.369 e. The predicted molar refractivity (Wildman–Crippen MR) is 130 cm³/mol. The molecule has 7 nitrogen and oxygen atoms in total.